The van der Waals surface area contributed by atoms with Crippen molar-refractivity contribution in [1.29, 1.82) is 5.26 Å². The number of rotatable bonds is 2. The van der Waals surface area contributed by atoms with Crippen LogP contribution in [0.15, 0.2) is 0 Å². The molecule has 2 heterocycles. The summed E-state index contributed by atoms with van der Waals surface area (Å²) in [5, 5.41) is 10.0. The zero-order chi connectivity index (χ0) is 12.5. The van der Waals surface area contributed by atoms with Gasteiger partial charge in [0.1, 0.15) is 0 Å². The summed E-state index contributed by atoms with van der Waals surface area (Å²) in [6.07, 6.45) is 3.01. The van der Waals surface area contributed by atoms with E-state index in [1.54, 1.807) is 11.3 Å². The van der Waals surface area contributed by atoms with Crippen molar-refractivity contribution in [3.63, 3.8) is 0 Å². The monoisotopic (exact) mass is 249 g/mol. The Bertz CT molecular complexity index is 430. The molecule has 1 aliphatic rings. The van der Waals surface area contributed by atoms with Crippen LogP contribution in [0, 0.1) is 11.3 Å². The maximum atomic E-state index is 8.90. The van der Waals surface area contributed by atoms with Gasteiger partial charge in [0.05, 0.1) is 18.2 Å². The van der Waals surface area contributed by atoms with Crippen molar-refractivity contribution < 1.29 is 0 Å². The van der Waals surface area contributed by atoms with Gasteiger partial charge in [0, 0.05) is 23.4 Å². The number of thiazole rings is 1. The standard InChI is InChI=1S/C13H19N3S/c1-13(2,3)11-10(6-7-14)17-12(15-11)16-8-4-5-9-16/h4-6,8-9H2,1-3H3. The summed E-state index contributed by atoms with van der Waals surface area (Å²) >= 11 is 1.70. The van der Waals surface area contributed by atoms with E-state index in [-0.39, 0.29) is 5.41 Å². The molecule has 0 N–H and O–H groups in total. The van der Waals surface area contributed by atoms with E-state index in [2.05, 4.69) is 31.7 Å². The zero-order valence-electron chi connectivity index (χ0n) is 10.8. The van der Waals surface area contributed by atoms with Crippen LogP contribution >= 0.6 is 11.3 Å². The molecule has 1 aliphatic heterocycles. The first-order valence-corrected chi connectivity index (χ1v) is 6.96. The van der Waals surface area contributed by atoms with Crippen molar-refractivity contribution >= 4 is 16.5 Å². The second-order valence-corrected chi connectivity index (χ2v) is 6.61. The second-order valence-electron chi connectivity index (χ2n) is 5.55. The molecule has 0 saturated carbocycles. The van der Waals surface area contributed by atoms with Crippen molar-refractivity contribution in [3.8, 4) is 6.07 Å². The first kappa shape index (κ1) is 12.4. The minimum atomic E-state index is 0.0284. The fourth-order valence-corrected chi connectivity index (χ4v) is 3.41. The van der Waals surface area contributed by atoms with Gasteiger partial charge in [-0.25, -0.2) is 4.98 Å². The molecule has 1 aromatic rings. The molecule has 0 amide bonds. The van der Waals surface area contributed by atoms with Gasteiger partial charge in [-0.3, -0.25) is 0 Å². The minimum Gasteiger partial charge on any atom is -0.348 e. The highest BCUT2D eigenvalue weighted by Gasteiger charge is 2.25. The van der Waals surface area contributed by atoms with E-state index in [0.717, 1.165) is 28.8 Å². The lowest BCUT2D eigenvalue weighted by molar-refractivity contribution is 0.568. The van der Waals surface area contributed by atoms with E-state index in [1.807, 2.05) is 0 Å². The molecule has 0 radical (unpaired) electrons. The Morgan fingerprint density at radius 3 is 2.53 bits per heavy atom. The highest BCUT2D eigenvalue weighted by atomic mass is 32.1. The van der Waals surface area contributed by atoms with Gasteiger partial charge in [0.15, 0.2) is 5.13 Å². The highest BCUT2D eigenvalue weighted by molar-refractivity contribution is 7.15. The Hall–Kier alpha value is -1.08. The van der Waals surface area contributed by atoms with Crippen LogP contribution in [0.25, 0.3) is 0 Å². The van der Waals surface area contributed by atoms with E-state index in [4.69, 9.17) is 10.2 Å². The minimum absolute atomic E-state index is 0.0284. The van der Waals surface area contributed by atoms with Gasteiger partial charge in [0.2, 0.25) is 0 Å². The van der Waals surface area contributed by atoms with E-state index < -0.39 is 0 Å². The van der Waals surface area contributed by atoms with Gasteiger partial charge in [-0.05, 0) is 12.8 Å². The summed E-state index contributed by atoms with van der Waals surface area (Å²) in [6, 6.07) is 2.25. The van der Waals surface area contributed by atoms with Gasteiger partial charge in [0.25, 0.3) is 0 Å². The number of hydrogen-bond donors (Lipinski definition) is 0. The van der Waals surface area contributed by atoms with E-state index in [0.29, 0.717) is 6.42 Å². The van der Waals surface area contributed by atoms with Crippen LogP contribution in [-0.4, -0.2) is 18.1 Å². The van der Waals surface area contributed by atoms with Crippen LogP contribution in [0.1, 0.15) is 44.2 Å². The van der Waals surface area contributed by atoms with Crippen LogP contribution in [-0.2, 0) is 11.8 Å². The molecule has 0 bridgehead atoms. The van der Waals surface area contributed by atoms with Gasteiger partial charge < -0.3 is 4.90 Å². The zero-order valence-corrected chi connectivity index (χ0v) is 11.6. The average Bonchev–Trinajstić information content (AvgIpc) is 2.82. The number of nitrogens with zero attached hydrogens (tertiary/aromatic N) is 3. The van der Waals surface area contributed by atoms with E-state index in [9.17, 15) is 0 Å². The third-order valence-corrected chi connectivity index (χ3v) is 4.13. The van der Waals surface area contributed by atoms with Gasteiger partial charge in [-0.15, -0.1) is 11.3 Å². The molecule has 1 saturated heterocycles. The lowest BCUT2D eigenvalue weighted by atomic mass is 9.91. The van der Waals surface area contributed by atoms with E-state index >= 15 is 0 Å². The predicted molar refractivity (Wildman–Crippen MR) is 71.6 cm³/mol. The van der Waals surface area contributed by atoms with Crippen LogP contribution < -0.4 is 4.90 Å². The van der Waals surface area contributed by atoms with Crippen LogP contribution in [0.3, 0.4) is 0 Å². The Labute approximate surface area is 107 Å². The fourth-order valence-electron chi connectivity index (χ4n) is 2.16. The number of nitriles is 1. The molecule has 1 fully saturated rings. The van der Waals surface area contributed by atoms with Crippen molar-refractivity contribution in [2.75, 3.05) is 18.0 Å². The Kier molecular flexibility index (Phi) is 3.39. The third-order valence-electron chi connectivity index (χ3n) is 3.01. The summed E-state index contributed by atoms with van der Waals surface area (Å²) in [5.41, 5.74) is 1.13. The fraction of sp³-hybridized carbons (Fsp3) is 0.692. The number of aromatic nitrogens is 1. The van der Waals surface area contributed by atoms with Crippen molar-refractivity contribution in [2.45, 2.75) is 45.4 Å². The molecule has 1 aromatic heterocycles. The van der Waals surface area contributed by atoms with Crippen molar-refractivity contribution in [3.05, 3.63) is 10.6 Å². The van der Waals surface area contributed by atoms with Gasteiger partial charge in [-0.2, -0.15) is 5.26 Å². The summed E-state index contributed by atoms with van der Waals surface area (Å²) in [7, 11) is 0. The lowest BCUT2D eigenvalue weighted by Gasteiger charge is -2.17. The topological polar surface area (TPSA) is 39.9 Å². The van der Waals surface area contributed by atoms with Crippen LogP contribution in [0.5, 0.6) is 0 Å². The summed E-state index contributed by atoms with van der Waals surface area (Å²) in [4.78, 5) is 8.26. The van der Waals surface area contributed by atoms with Gasteiger partial charge >= 0.3 is 0 Å². The van der Waals surface area contributed by atoms with Crippen LogP contribution in [0.2, 0.25) is 0 Å². The van der Waals surface area contributed by atoms with Crippen LogP contribution in [0.4, 0.5) is 5.13 Å². The average molecular weight is 249 g/mol. The molecule has 0 aliphatic carbocycles. The molecule has 92 valence electrons. The lowest BCUT2D eigenvalue weighted by Crippen LogP contribution is -2.18. The molecule has 0 atom stereocenters. The van der Waals surface area contributed by atoms with Crippen molar-refractivity contribution in [2.24, 2.45) is 0 Å². The molecule has 17 heavy (non-hydrogen) atoms. The first-order chi connectivity index (χ1) is 8.02. The maximum Gasteiger partial charge on any atom is 0.185 e. The Morgan fingerprint density at radius 2 is 2.00 bits per heavy atom. The quantitative estimate of drug-likeness (QED) is 0.808. The third kappa shape index (κ3) is 2.61. The normalized spacial score (nSPS) is 16.2. The molecule has 0 aromatic carbocycles. The Balaban J connectivity index is 2.34. The van der Waals surface area contributed by atoms with E-state index in [1.165, 1.54) is 12.8 Å². The molecule has 4 heteroatoms. The maximum absolute atomic E-state index is 8.90. The first-order valence-electron chi connectivity index (χ1n) is 6.14. The SMILES string of the molecule is CC(C)(C)c1nc(N2CCCC2)sc1CC#N. The number of hydrogen-bond acceptors (Lipinski definition) is 4. The molecule has 2 rings (SSSR count). The summed E-state index contributed by atoms with van der Waals surface area (Å²) < 4.78 is 0. The molecular formula is C13H19N3S. The number of anilines is 1. The molecular weight excluding hydrogens is 230 g/mol. The largest absolute Gasteiger partial charge is 0.348 e. The molecule has 3 nitrogen and oxygen atoms in total. The predicted octanol–water partition coefficient (Wildman–Crippen LogP) is 3.11. The van der Waals surface area contributed by atoms with Crippen molar-refractivity contribution in [1.82, 2.24) is 4.98 Å². The molecule has 0 spiro atoms. The highest BCUT2D eigenvalue weighted by Crippen LogP contribution is 2.35. The summed E-state index contributed by atoms with van der Waals surface area (Å²) in [6.45, 7) is 8.72. The summed E-state index contributed by atoms with van der Waals surface area (Å²) in [5.74, 6) is 0. The second kappa shape index (κ2) is 4.66. The molecule has 0 unspecified atom stereocenters. The smallest absolute Gasteiger partial charge is 0.185 e. The van der Waals surface area contributed by atoms with Gasteiger partial charge in [-0.1, -0.05) is 20.8 Å². The Morgan fingerprint density at radius 1 is 1.35 bits per heavy atom.